The second-order valence-corrected chi connectivity index (χ2v) is 8.74. The number of hydrogen-bond donors (Lipinski definition) is 1. The van der Waals surface area contributed by atoms with Gasteiger partial charge in [0.15, 0.2) is 16.6 Å². The van der Waals surface area contributed by atoms with Crippen LogP contribution in [-0.2, 0) is 9.53 Å². The molecule has 2 aliphatic rings. The van der Waals surface area contributed by atoms with Crippen molar-refractivity contribution in [3.8, 4) is 11.5 Å². The molecule has 1 aromatic carbocycles. The number of anilines is 2. The van der Waals surface area contributed by atoms with Crippen LogP contribution in [0, 0.1) is 5.92 Å². The highest BCUT2D eigenvalue weighted by Crippen LogP contribution is 2.44. The summed E-state index contributed by atoms with van der Waals surface area (Å²) in [5, 5.41) is 3.88. The van der Waals surface area contributed by atoms with Crippen molar-refractivity contribution < 1.29 is 19.0 Å². The maximum atomic E-state index is 12.4. The maximum Gasteiger partial charge on any atom is 0.226 e. The van der Waals surface area contributed by atoms with Gasteiger partial charge in [0.25, 0.3) is 0 Å². The van der Waals surface area contributed by atoms with Crippen molar-refractivity contribution in [2.75, 3.05) is 50.2 Å². The fraction of sp³-hybridized carbons (Fsp3) is 0.524. The number of amides is 1. The largest absolute Gasteiger partial charge is 0.493 e. The lowest BCUT2D eigenvalue weighted by Gasteiger charge is -2.26. The Hall–Kier alpha value is -2.32. The SMILES string of the molecule is COc1ccc(C2CC(=O)Nc3nc(N4CCOCC4)sc32)cc1OCC(C)C. The van der Waals surface area contributed by atoms with Gasteiger partial charge >= 0.3 is 0 Å². The van der Waals surface area contributed by atoms with E-state index in [1.54, 1.807) is 18.4 Å². The van der Waals surface area contributed by atoms with Crippen molar-refractivity contribution in [1.29, 1.82) is 0 Å². The van der Waals surface area contributed by atoms with Crippen molar-refractivity contribution in [2.45, 2.75) is 26.2 Å². The van der Waals surface area contributed by atoms with E-state index in [1.165, 1.54) is 0 Å². The minimum Gasteiger partial charge on any atom is -0.493 e. The fourth-order valence-electron chi connectivity index (χ4n) is 3.55. The number of thiazole rings is 1. The third kappa shape index (κ3) is 4.33. The summed E-state index contributed by atoms with van der Waals surface area (Å²) in [5.41, 5.74) is 1.04. The summed E-state index contributed by atoms with van der Waals surface area (Å²) in [7, 11) is 1.64. The summed E-state index contributed by atoms with van der Waals surface area (Å²) in [6, 6.07) is 5.94. The Morgan fingerprint density at radius 3 is 2.83 bits per heavy atom. The Morgan fingerprint density at radius 1 is 1.31 bits per heavy atom. The van der Waals surface area contributed by atoms with Crippen LogP contribution in [0.4, 0.5) is 10.9 Å². The Labute approximate surface area is 175 Å². The van der Waals surface area contributed by atoms with Crippen molar-refractivity contribution >= 4 is 28.2 Å². The van der Waals surface area contributed by atoms with Gasteiger partial charge in [-0.25, -0.2) is 4.98 Å². The number of morpholine rings is 1. The first-order valence-corrected chi connectivity index (χ1v) is 10.8. The van der Waals surface area contributed by atoms with Crippen LogP contribution in [0.25, 0.3) is 0 Å². The molecule has 1 atom stereocenters. The summed E-state index contributed by atoms with van der Waals surface area (Å²) in [5.74, 6) is 2.45. The first-order chi connectivity index (χ1) is 14.0. The molecule has 1 amide bonds. The molecule has 0 aliphatic carbocycles. The number of hydrogen-bond acceptors (Lipinski definition) is 7. The molecule has 1 unspecified atom stereocenters. The van der Waals surface area contributed by atoms with E-state index >= 15 is 0 Å². The molecule has 3 heterocycles. The van der Waals surface area contributed by atoms with Gasteiger partial charge in [-0.1, -0.05) is 31.3 Å². The number of nitrogens with zero attached hydrogens (tertiary/aromatic N) is 2. The van der Waals surface area contributed by atoms with Gasteiger partial charge in [-0.05, 0) is 23.6 Å². The van der Waals surface area contributed by atoms with E-state index < -0.39 is 0 Å². The van der Waals surface area contributed by atoms with Crippen molar-refractivity contribution in [2.24, 2.45) is 5.92 Å². The van der Waals surface area contributed by atoms with Gasteiger partial charge in [0, 0.05) is 25.4 Å². The van der Waals surface area contributed by atoms with E-state index in [4.69, 9.17) is 19.2 Å². The lowest BCUT2D eigenvalue weighted by Crippen LogP contribution is -2.36. The van der Waals surface area contributed by atoms with E-state index in [1.807, 2.05) is 18.2 Å². The molecule has 7 nitrogen and oxygen atoms in total. The second kappa shape index (κ2) is 8.59. The van der Waals surface area contributed by atoms with Crippen LogP contribution in [0.3, 0.4) is 0 Å². The minimum atomic E-state index is -0.0432. The summed E-state index contributed by atoms with van der Waals surface area (Å²) in [4.78, 5) is 20.4. The smallest absolute Gasteiger partial charge is 0.226 e. The standard InChI is InChI=1S/C21H27N3O4S/c1-13(2)12-28-17-10-14(4-5-16(17)26-3)15-11-18(25)22-20-19(15)29-21(23-20)24-6-8-27-9-7-24/h4-5,10,13,15H,6-9,11-12H2,1-3H3,(H,22,25). The molecule has 156 valence electrons. The van der Waals surface area contributed by atoms with Gasteiger partial charge in [0.1, 0.15) is 5.82 Å². The van der Waals surface area contributed by atoms with E-state index in [-0.39, 0.29) is 11.8 Å². The number of fused-ring (bicyclic) bond motifs is 1. The van der Waals surface area contributed by atoms with Gasteiger partial charge in [0.2, 0.25) is 5.91 Å². The third-order valence-corrected chi connectivity index (χ3v) is 6.28. The highest BCUT2D eigenvalue weighted by Gasteiger charge is 2.32. The van der Waals surface area contributed by atoms with Crippen LogP contribution < -0.4 is 19.7 Å². The monoisotopic (exact) mass is 417 g/mol. The Bertz CT molecular complexity index is 877. The molecule has 2 aliphatic heterocycles. The van der Waals surface area contributed by atoms with Crippen molar-refractivity contribution in [3.63, 3.8) is 0 Å². The van der Waals surface area contributed by atoms with Crippen LogP contribution in [-0.4, -0.2) is 50.9 Å². The number of methoxy groups -OCH3 is 1. The molecule has 1 N–H and O–H groups in total. The normalized spacial score (nSPS) is 19.1. The summed E-state index contributed by atoms with van der Waals surface area (Å²) in [6.45, 7) is 7.88. The zero-order valence-corrected chi connectivity index (χ0v) is 17.9. The summed E-state index contributed by atoms with van der Waals surface area (Å²) < 4.78 is 16.9. The number of aromatic nitrogens is 1. The molecule has 0 radical (unpaired) electrons. The number of carbonyl (C=O) groups is 1. The molecule has 1 fully saturated rings. The molecule has 1 saturated heterocycles. The van der Waals surface area contributed by atoms with E-state index in [9.17, 15) is 4.79 Å². The molecule has 29 heavy (non-hydrogen) atoms. The predicted octanol–water partition coefficient (Wildman–Crippen LogP) is 3.50. The summed E-state index contributed by atoms with van der Waals surface area (Å²) >= 11 is 1.65. The van der Waals surface area contributed by atoms with Crippen molar-refractivity contribution in [1.82, 2.24) is 4.98 Å². The Kier molecular flexibility index (Phi) is 5.91. The van der Waals surface area contributed by atoms with Crippen LogP contribution in [0.1, 0.15) is 36.6 Å². The van der Waals surface area contributed by atoms with Gasteiger partial charge in [0.05, 0.1) is 31.8 Å². The average molecular weight is 418 g/mol. The molecule has 0 spiro atoms. The number of nitrogens with one attached hydrogen (secondary N) is 1. The molecular weight excluding hydrogens is 390 g/mol. The lowest BCUT2D eigenvalue weighted by atomic mass is 9.91. The van der Waals surface area contributed by atoms with E-state index in [0.29, 0.717) is 49.5 Å². The zero-order valence-electron chi connectivity index (χ0n) is 17.1. The Morgan fingerprint density at radius 2 is 2.10 bits per heavy atom. The highest BCUT2D eigenvalue weighted by atomic mass is 32.1. The minimum absolute atomic E-state index is 0.0122. The first-order valence-electron chi connectivity index (χ1n) is 9.99. The third-order valence-electron chi connectivity index (χ3n) is 5.05. The number of rotatable bonds is 6. The summed E-state index contributed by atoms with van der Waals surface area (Å²) in [6.07, 6.45) is 0.397. The molecule has 4 rings (SSSR count). The molecule has 2 aromatic rings. The maximum absolute atomic E-state index is 12.4. The molecule has 0 saturated carbocycles. The van der Waals surface area contributed by atoms with E-state index in [2.05, 4.69) is 24.1 Å². The molecule has 0 bridgehead atoms. The first kappa shape index (κ1) is 20.0. The van der Waals surface area contributed by atoms with Crippen molar-refractivity contribution in [3.05, 3.63) is 28.6 Å². The van der Waals surface area contributed by atoms with E-state index in [0.717, 1.165) is 28.7 Å². The second-order valence-electron chi connectivity index (χ2n) is 7.73. The molecular formula is C21H27N3O4S. The van der Waals surface area contributed by atoms with Gasteiger partial charge in [-0.3, -0.25) is 4.79 Å². The van der Waals surface area contributed by atoms with Crippen LogP contribution in [0.15, 0.2) is 18.2 Å². The average Bonchev–Trinajstić information content (AvgIpc) is 3.16. The van der Waals surface area contributed by atoms with Crippen LogP contribution in [0.5, 0.6) is 11.5 Å². The van der Waals surface area contributed by atoms with Crippen LogP contribution >= 0.6 is 11.3 Å². The highest BCUT2D eigenvalue weighted by molar-refractivity contribution is 7.16. The van der Waals surface area contributed by atoms with Gasteiger partial charge < -0.3 is 24.4 Å². The quantitative estimate of drug-likeness (QED) is 0.776. The topological polar surface area (TPSA) is 72.9 Å². The Balaban J connectivity index is 1.66. The van der Waals surface area contributed by atoms with Crippen LogP contribution in [0.2, 0.25) is 0 Å². The van der Waals surface area contributed by atoms with Gasteiger partial charge in [-0.2, -0.15) is 0 Å². The number of benzene rings is 1. The molecule has 8 heteroatoms. The number of ether oxygens (including phenoxy) is 3. The fourth-order valence-corrected chi connectivity index (χ4v) is 4.75. The lowest BCUT2D eigenvalue weighted by molar-refractivity contribution is -0.116. The zero-order chi connectivity index (χ0) is 20.4. The number of carbonyl (C=O) groups excluding carboxylic acids is 1. The predicted molar refractivity (Wildman–Crippen MR) is 114 cm³/mol. The van der Waals surface area contributed by atoms with Gasteiger partial charge in [-0.15, -0.1) is 0 Å². The molecule has 1 aromatic heterocycles.